The van der Waals surface area contributed by atoms with E-state index >= 15 is 0 Å². The number of hydrogen-bond acceptors (Lipinski definition) is 3. The van der Waals surface area contributed by atoms with Gasteiger partial charge in [0.2, 0.25) is 0 Å². The van der Waals surface area contributed by atoms with Crippen LogP contribution < -0.4 is 10.2 Å². The second kappa shape index (κ2) is 7.82. The summed E-state index contributed by atoms with van der Waals surface area (Å²) in [6.07, 6.45) is -0.591. The molecule has 0 saturated carbocycles. The maximum Gasteiger partial charge on any atom is 0.258 e. The summed E-state index contributed by atoms with van der Waals surface area (Å²) in [4.78, 5) is 14.0. The maximum absolute atomic E-state index is 12.4. The van der Waals surface area contributed by atoms with Gasteiger partial charge in [0.15, 0.2) is 0 Å². The molecule has 2 aromatic rings. The Morgan fingerprint density at radius 2 is 1.82 bits per heavy atom. The molecular weight excluding hydrogens is 300 g/mol. The number of rotatable bonds is 6. The molecule has 0 saturated heterocycles. The smallest absolute Gasteiger partial charge is 0.258 e. The second-order valence-electron chi connectivity index (χ2n) is 4.97. The molecule has 22 heavy (non-hydrogen) atoms. The SMILES string of the molecule is CN(C(=O)c1ccc(NCC(O)CCl)cc1)c1ccccc1. The van der Waals surface area contributed by atoms with E-state index in [1.165, 1.54) is 0 Å². The number of anilines is 2. The average Bonchev–Trinajstić information content (AvgIpc) is 2.59. The fourth-order valence-electron chi connectivity index (χ4n) is 1.98. The van der Waals surface area contributed by atoms with Crippen LogP contribution in [0.3, 0.4) is 0 Å². The quantitative estimate of drug-likeness (QED) is 0.805. The van der Waals surface area contributed by atoms with Crippen molar-refractivity contribution in [3.05, 3.63) is 60.2 Å². The fourth-order valence-corrected chi connectivity index (χ4v) is 2.09. The summed E-state index contributed by atoms with van der Waals surface area (Å²) < 4.78 is 0. The lowest BCUT2D eigenvalue weighted by Crippen LogP contribution is -2.26. The van der Waals surface area contributed by atoms with Crippen LogP contribution in [0.5, 0.6) is 0 Å². The Labute approximate surface area is 135 Å². The summed E-state index contributed by atoms with van der Waals surface area (Å²) in [7, 11) is 1.75. The highest BCUT2D eigenvalue weighted by molar-refractivity contribution is 6.18. The Morgan fingerprint density at radius 1 is 1.18 bits per heavy atom. The monoisotopic (exact) mass is 318 g/mol. The van der Waals surface area contributed by atoms with E-state index in [0.717, 1.165) is 11.4 Å². The molecule has 0 fully saturated rings. The standard InChI is InChI=1S/C17H19ClN2O2/c1-20(15-5-3-2-4-6-15)17(22)13-7-9-14(10-8-13)19-12-16(21)11-18/h2-10,16,19,21H,11-12H2,1H3. The number of aliphatic hydroxyl groups is 1. The number of amides is 1. The van der Waals surface area contributed by atoms with Gasteiger partial charge in [-0.25, -0.2) is 0 Å². The normalized spacial score (nSPS) is 11.8. The summed E-state index contributed by atoms with van der Waals surface area (Å²) in [5.41, 5.74) is 2.29. The molecule has 0 aliphatic carbocycles. The van der Waals surface area contributed by atoms with E-state index in [1.54, 1.807) is 24.1 Å². The predicted molar refractivity (Wildman–Crippen MR) is 90.8 cm³/mol. The first-order chi connectivity index (χ1) is 10.6. The van der Waals surface area contributed by atoms with Gasteiger partial charge in [-0.1, -0.05) is 18.2 Å². The number of para-hydroxylation sites is 1. The number of benzene rings is 2. The third kappa shape index (κ3) is 4.23. The van der Waals surface area contributed by atoms with Gasteiger partial charge in [0.25, 0.3) is 5.91 Å². The highest BCUT2D eigenvalue weighted by Crippen LogP contribution is 2.16. The first-order valence-electron chi connectivity index (χ1n) is 7.03. The molecule has 1 amide bonds. The summed E-state index contributed by atoms with van der Waals surface area (Å²) >= 11 is 5.54. The van der Waals surface area contributed by atoms with E-state index in [9.17, 15) is 9.90 Å². The number of carbonyl (C=O) groups excluding carboxylic acids is 1. The van der Waals surface area contributed by atoms with Gasteiger partial charge >= 0.3 is 0 Å². The lowest BCUT2D eigenvalue weighted by Gasteiger charge is -2.17. The lowest BCUT2D eigenvalue weighted by atomic mass is 10.1. The molecule has 0 aromatic heterocycles. The Morgan fingerprint density at radius 3 is 2.41 bits per heavy atom. The molecule has 4 nitrogen and oxygen atoms in total. The average molecular weight is 319 g/mol. The third-order valence-electron chi connectivity index (χ3n) is 3.30. The Hall–Kier alpha value is -2.04. The molecule has 1 unspecified atom stereocenters. The van der Waals surface area contributed by atoms with Crippen molar-refractivity contribution in [1.29, 1.82) is 0 Å². The van der Waals surface area contributed by atoms with Crippen LogP contribution in [0, 0.1) is 0 Å². The number of alkyl halides is 1. The van der Waals surface area contributed by atoms with Crippen LogP contribution in [0.1, 0.15) is 10.4 Å². The van der Waals surface area contributed by atoms with Crippen molar-refractivity contribution in [2.24, 2.45) is 0 Å². The molecule has 0 spiro atoms. The van der Waals surface area contributed by atoms with Crippen molar-refractivity contribution in [2.75, 3.05) is 29.7 Å². The molecule has 0 radical (unpaired) electrons. The zero-order chi connectivity index (χ0) is 15.9. The largest absolute Gasteiger partial charge is 0.390 e. The highest BCUT2D eigenvalue weighted by atomic mass is 35.5. The topological polar surface area (TPSA) is 52.6 Å². The fraction of sp³-hybridized carbons (Fsp3) is 0.235. The van der Waals surface area contributed by atoms with Crippen LogP contribution >= 0.6 is 11.6 Å². The molecule has 2 aromatic carbocycles. The van der Waals surface area contributed by atoms with Crippen molar-refractivity contribution in [2.45, 2.75) is 6.10 Å². The molecule has 0 aliphatic rings. The first-order valence-corrected chi connectivity index (χ1v) is 7.56. The van der Waals surface area contributed by atoms with Crippen molar-refractivity contribution in [3.63, 3.8) is 0 Å². The van der Waals surface area contributed by atoms with E-state index in [2.05, 4.69) is 5.32 Å². The summed E-state index contributed by atoms with van der Waals surface area (Å²) in [6, 6.07) is 16.6. The Kier molecular flexibility index (Phi) is 5.81. The zero-order valence-electron chi connectivity index (χ0n) is 12.4. The van der Waals surface area contributed by atoms with Gasteiger partial charge in [0.1, 0.15) is 0 Å². The van der Waals surface area contributed by atoms with Gasteiger partial charge in [-0.15, -0.1) is 11.6 Å². The molecule has 0 bridgehead atoms. The highest BCUT2D eigenvalue weighted by Gasteiger charge is 2.13. The van der Waals surface area contributed by atoms with E-state index in [1.807, 2.05) is 42.5 Å². The zero-order valence-corrected chi connectivity index (χ0v) is 13.1. The number of carbonyl (C=O) groups is 1. The minimum atomic E-state index is -0.591. The van der Waals surface area contributed by atoms with Crippen LogP contribution in [0.2, 0.25) is 0 Å². The van der Waals surface area contributed by atoms with Crippen LogP contribution in [0.25, 0.3) is 0 Å². The van der Waals surface area contributed by atoms with Gasteiger partial charge in [0.05, 0.1) is 12.0 Å². The van der Waals surface area contributed by atoms with Crippen molar-refractivity contribution >= 4 is 28.9 Å². The molecule has 2 N–H and O–H groups in total. The Bertz CT molecular complexity index is 602. The molecule has 2 rings (SSSR count). The molecular formula is C17H19ClN2O2. The third-order valence-corrected chi connectivity index (χ3v) is 3.66. The number of aliphatic hydroxyl groups excluding tert-OH is 1. The maximum atomic E-state index is 12.4. The number of nitrogens with one attached hydrogen (secondary N) is 1. The van der Waals surface area contributed by atoms with Crippen LogP contribution in [0.4, 0.5) is 11.4 Å². The van der Waals surface area contributed by atoms with Crippen molar-refractivity contribution < 1.29 is 9.90 Å². The number of halogens is 1. The van der Waals surface area contributed by atoms with Crippen LogP contribution in [-0.2, 0) is 0 Å². The molecule has 5 heteroatoms. The molecule has 1 atom stereocenters. The van der Waals surface area contributed by atoms with Crippen LogP contribution in [0.15, 0.2) is 54.6 Å². The van der Waals surface area contributed by atoms with Crippen molar-refractivity contribution in [3.8, 4) is 0 Å². The minimum Gasteiger partial charge on any atom is -0.390 e. The Balaban J connectivity index is 2.02. The van der Waals surface area contributed by atoms with E-state index in [0.29, 0.717) is 12.1 Å². The minimum absolute atomic E-state index is 0.0708. The summed E-state index contributed by atoms with van der Waals surface area (Å²) in [5.74, 6) is 0.115. The molecule has 0 aliphatic heterocycles. The van der Waals surface area contributed by atoms with Crippen molar-refractivity contribution in [1.82, 2.24) is 0 Å². The molecule has 0 heterocycles. The van der Waals surface area contributed by atoms with E-state index in [-0.39, 0.29) is 11.8 Å². The summed E-state index contributed by atoms with van der Waals surface area (Å²) in [5, 5.41) is 12.5. The number of hydrogen-bond donors (Lipinski definition) is 2. The summed E-state index contributed by atoms with van der Waals surface area (Å²) in [6.45, 7) is 0.376. The van der Waals surface area contributed by atoms with Gasteiger partial charge in [0, 0.05) is 30.5 Å². The first kappa shape index (κ1) is 16.3. The predicted octanol–water partition coefficient (Wildman–Crippen LogP) is 2.97. The van der Waals surface area contributed by atoms with Gasteiger partial charge in [-0.2, -0.15) is 0 Å². The second-order valence-corrected chi connectivity index (χ2v) is 5.27. The van der Waals surface area contributed by atoms with Gasteiger partial charge in [-0.3, -0.25) is 4.79 Å². The van der Waals surface area contributed by atoms with E-state index < -0.39 is 6.10 Å². The van der Waals surface area contributed by atoms with Gasteiger partial charge < -0.3 is 15.3 Å². The van der Waals surface area contributed by atoms with Crippen LogP contribution in [-0.4, -0.2) is 36.6 Å². The van der Waals surface area contributed by atoms with Gasteiger partial charge in [-0.05, 0) is 36.4 Å². The molecule has 116 valence electrons. The van der Waals surface area contributed by atoms with E-state index in [4.69, 9.17) is 11.6 Å². The lowest BCUT2D eigenvalue weighted by molar-refractivity contribution is 0.0993. The number of nitrogens with zero attached hydrogens (tertiary/aromatic N) is 1.